The smallest absolute Gasteiger partial charge is 0.249 e. The second kappa shape index (κ2) is 8.65. The van der Waals surface area contributed by atoms with E-state index in [9.17, 15) is 10.2 Å². The maximum Gasteiger partial charge on any atom is 0.249 e. The summed E-state index contributed by atoms with van der Waals surface area (Å²) in [6, 6.07) is 0. The first-order chi connectivity index (χ1) is 18.6. The lowest BCUT2D eigenvalue weighted by atomic mass is 10.2. The molecule has 14 heteroatoms. The van der Waals surface area contributed by atoms with Crippen molar-refractivity contribution in [2.75, 3.05) is 0 Å². The van der Waals surface area contributed by atoms with Crippen LogP contribution in [0.25, 0.3) is 58.5 Å². The van der Waals surface area contributed by atoms with Crippen LogP contribution in [0.5, 0.6) is 0 Å². The van der Waals surface area contributed by atoms with E-state index in [-0.39, 0.29) is 58.1 Å². The van der Waals surface area contributed by atoms with Gasteiger partial charge in [-0.2, -0.15) is 0 Å². The third-order valence-corrected chi connectivity index (χ3v) is 5.42. The van der Waals surface area contributed by atoms with E-state index < -0.39 is 12.2 Å². The molecule has 0 aliphatic carbocycles. The fraction of sp³-hybridized carbons (Fsp3) is 0.0833. The standard InChI is InChI=1S/C24H14N6O8/c31-17-1-3-19-25-13(7-33-19)21-30-16(10-37-21)24-28-12(6-36-24)18(32)2-4-20-26-14(8-34-20)22-29-15(9-38-22)23-27-11(17)5-35-23/h1-10,17-18,31-32H. The first-order valence-electron chi connectivity index (χ1n) is 11.1. The number of aliphatic hydroxyl groups is 2. The second-order valence-electron chi connectivity index (χ2n) is 7.98. The van der Waals surface area contributed by atoms with Crippen LogP contribution >= 0.6 is 0 Å². The van der Waals surface area contributed by atoms with Crippen molar-refractivity contribution in [2.45, 2.75) is 12.2 Å². The normalized spacial score (nSPS) is 17.0. The number of fused-ring (bicyclic) bond motifs is 16. The topological polar surface area (TPSA) is 197 Å². The molecule has 2 N–H and O–H groups in total. The summed E-state index contributed by atoms with van der Waals surface area (Å²) in [5, 5.41) is 21.0. The monoisotopic (exact) mass is 514 g/mol. The Morgan fingerprint density at radius 3 is 1.29 bits per heavy atom. The molecule has 2 unspecified atom stereocenters. The highest BCUT2D eigenvalue weighted by Gasteiger charge is 2.20. The number of oxazole rings is 6. The van der Waals surface area contributed by atoms with Gasteiger partial charge in [0.15, 0.2) is 22.8 Å². The molecule has 38 heavy (non-hydrogen) atoms. The van der Waals surface area contributed by atoms with Gasteiger partial charge in [-0.3, -0.25) is 0 Å². The van der Waals surface area contributed by atoms with E-state index in [2.05, 4.69) is 29.9 Å². The Balaban J connectivity index is 1.27. The molecule has 14 nitrogen and oxygen atoms in total. The molecule has 6 aromatic heterocycles. The predicted octanol–water partition coefficient (Wildman–Crippen LogP) is 4.09. The molecule has 1 aliphatic heterocycles. The van der Waals surface area contributed by atoms with Crippen LogP contribution in [-0.4, -0.2) is 40.1 Å². The van der Waals surface area contributed by atoms with Crippen molar-refractivity contribution in [3.05, 3.63) is 72.9 Å². The summed E-state index contributed by atoms with van der Waals surface area (Å²) < 4.78 is 32.7. The Bertz CT molecular complexity index is 1670. The number of rotatable bonds is 0. The van der Waals surface area contributed by atoms with Crippen molar-refractivity contribution in [3.63, 3.8) is 0 Å². The first kappa shape index (κ1) is 21.9. The molecule has 0 amide bonds. The molecule has 1 aliphatic rings. The zero-order chi connectivity index (χ0) is 25.6. The lowest BCUT2D eigenvalue weighted by Gasteiger charge is -1.97. The zero-order valence-electron chi connectivity index (χ0n) is 19.0. The number of hydrogen-bond donors (Lipinski definition) is 2. The van der Waals surface area contributed by atoms with E-state index in [1.54, 1.807) is 0 Å². The average molecular weight is 514 g/mol. The highest BCUT2D eigenvalue weighted by atomic mass is 16.4. The molecule has 188 valence electrons. The molecule has 7 rings (SSSR count). The number of nitrogens with zero attached hydrogens (tertiary/aromatic N) is 6. The molecule has 0 radical (unpaired) electrons. The van der Waals surface area contributed by atoms with Gasteiger partial charge in [0.25, 0.3) is 0 Å². The van der Waals surface area contributed by atoms with Gasteiger partial charge in [0.2, 0.25) is 35.3 Å². The van der Waals surface area contributed by atoms with Gasteiger partial charge in [0.1, 0.15) is 61.2 Å². The molecule has 0 aromatic carbocycles. The molecular weight excluding hydrogens is 500 g/mol. The van der Waals surface area contributed by atoms with Crippen LogP contribution in [0.4, 0.5) is 0 Å². The van der Waals surface area contributed by atoms with Crippen molar-refractivity contribution >= 4 is 12.2 Å². The number of hydrogen-bond acceptors (Lipinski definition) is 14. The minimum atomic E-state index is -1.12. The summed E-state index contributed by atoms with van der Waals surface area (Å²) in [7, 11) is 0. The highest BCUT2D eigenvalue weighted by Crippen LogP contribution is 2.28. The lowest BCUT2D eigenvalue weighted by molar-refractivity contribution is 0.224. The van der Waals surface area contributed by atoms with Gasteiger partial charge in [-0.05, 0) is 24.3 Å². The van der Waals surface area contributed by atoms with Gasteiger partial charge in [0.05, 0.1) is 0 Å². The van der Waals surface area contributed by atoms with Crippen LogP contribution in [-0.2, 0) is 0 Å². The number of aliphatic hydroxyl groups excluding tert-OH is 2. The molecule has 0 fully saturated rings. The summed E-state index contributed by atoms with van der Waals surface area (Å²) in [4.78, 5) is 25.7. The molecule has 7 heterocycles. The van der Waals surface area contributed by atoms with Crippen LogP contribution in [0.15, 0.2) is 76.2 Å². The highest BCUT2D eigenvalue weighted by molar-refractivity contribution is 5.56. The van der Waals surface area contributed by atoms with Gasteiger partial charge in [-0.1, -0.05) is 0 Å². The van der Waals surface area contributed by atoms with Crippen molar-refractivity contribution in [1.82, 2.24) is 29.9 Å². The van der Waals surface area contributed by atoms with Gasteiger partial charge in [0, 0.05) is 0 Å². The summed E-state index contributed by atoms with van der Waals surface area (Å²) in [5.74, 6) is 0.970. The van der Waals surface area contributed by atoms with Crippen LogP contribution in [0.2, 0.25) is 0 Å². The van der Waals surface area contributed by atoms with E-state index in [0.29, 0.717) is 11.4 Å². The van der Waals surface area contributed by atoms with Crippen molar-refractivity contribution in [2.24, 2.45) is 0 Å². The molecular formula is C24H14N6O8. The van der Waals surface area contributed by atoms with Crippen LogP contribution in [0.1, 0.15) is 35.4 Å². The third kappa shape index (κ3) is 3.95. The Morgan fingerprint density at radius 2 is 0.816 bits per heavy atom. The van der Waals surface area contributed by atoms with E-state index in [0.717, 1.165) is 0 Å². The molecule has 0 spiro atoms. The summed E-state index contributed by atoms with van der Waals surface area (Å²) in [6.07, 6.45) is 11.5. The average Bonchev–Trinajstić information content (AvgIpc) is 3.77. The zero-order valence-corrected chi connectivity index (χ0v) is 19.0. The van der Waals surface area contributed by atoms with Crippen molar-refractivity contribution < 1.29 is 36.7 Å². The van der Waals surface area contributed by atoms with Gasteiger partial charge in [-0.15, -0.1) is 0 Å². The lowest BCUT2D eigenvalue weighted by Crippen LogP contribution is -1.93. The largest absolute Gasteiger partial charge is 0.444 e. The van der Waals surface area contributed by atoms with Crippen molar-refractivity contribution in [3.8, 4) is 46.3 Å². The van der Waals surface area contributed by atoms with Crippen molar-refractivity contribution in [1.29, 1.82) is 0 Å². The Morgan fingerprint density at radius 1 is 0.447 bits per heavy atom. The molecule has 12 bridgehead atoms. The summed E-state index contributed by atoms with van der Waals surface area (Å²) in [5.41, 5.74) is 1.67. The molecule has 2 atom stereocenters. The Labute approximate surface area is 210 Å². The molecule has 0 saturated heterocycles. The van der Waals surface area contributed by atoms with Crippen LogP contribution in [0, 0.1) is 0 Å². The first-order valence-corrected chi connectivity index (χ1v) is 11.1. The van der Waals surface area contributed by atoms with Gasteiger partial charge in [-0.25, -0.2) is 29.9 Å². The fourth-order valence-corrected chi connectivity index (χ4v) is 3.53. The summed E-state index contributed by atoms with van der Waals surface area (Å²) in [6.45, 7) is 0. The molecule has 6 aromatic rings. The predicted molar refractivity (Wildman–Crippen MR) is 123 cm³/mol. The minimum Gasteiger partial charge on any atom is -0.444 e. The Kier molecular flexibility index (Phi) is 4.99. The maximum atomic E-state index is 10.5. The van der Waals surface area contributed by atoms with Crippen LogP contribution < -0.4 is 0 Å². The summed E-state index contributed by atoms with van der Waals surface area (Å²) >= 11 is 0. The SMILES string of the molecule is OC1C=Cc2nc(co2)-c2nc(co2)-c2nc(co2)C(O)C=Cc2nc(co2)-c2nc(co2)-c2nc1co2. The van der Waals surface area contributed by atoms with E-state index in [4.69, 9.17) is 26.5 Å². The van der Waals surface area contributed by atoms with E-state index >= 15 is 0 Å². The molecule has 0 saturated carbocycles. The maximum absolute atomic E-state index is 10.5. The van der Waals surface area contributed by atoms with Gasteiger partial charge >= 0.3 is 0 Å². The van der Waals surface area contributed by atoms with Crippen LogP contribution in [0.3, 0.4) is 0 Å². The number of aromatic nitrogens is 6. The Hall–Kier alpha value is -5.34. The quantitative estimate of drug-likeness (QED) is 0.294. The fourth-order valence-electron chi connectivity index (χ4n) is 3.53. The third-order valence-electron chi connectivity index (χ3n) is 5.42. The van der Waals surface area contributed by atoms with E-state index in [1.807, 2.05) is 0 Å². The second-order valence-corrected chi connectivity index (χ2v) is 7.98. The van der Waals surface area contributed by atoms with E-state index in [1.165, 1.54) is 61.9 Å². The minimum absolute atomic E-state index is 0.133. The van der Waals surface area contributed by atoms with Gasteiger partial charge < -0.3 is 36.7 Å².